The molecule has 0 heterocycles. The Balaban J connectivity index is 1.83. The van der Waals surface area contributed by atoms with Crippen molar-refractivity contribution in [3.63, 3.8) is 0 Å². The van der Waals surface area contributed by atoms with Gasteiger partial charge in [0.15, 0.2) is 11.5 Å². The van der Waals surface area contributed by atoms with Crippen molar-refractivity contribution < 1.29 is 19.7 Å². The maximum absolute atomic E-state index is 9.29. The zero-order chi connectivity index (χ0) is 15.4. The molecule has 0 radical (unpaired) electrons. The molecule has 4 nitrogen and oxygen atoms in total. The number of rotatable bonds is 4. The molecule has 4 heteroatoms. The summed E-state index contributed by atoms with van der Waals surface area (Å²) in [6, 6.07) is 20.2. The molecule has 0 amide bonds. The van der Waals surface area contributed by atoms with Crippen LogP contribution in [0.3, 0.4) is 0 Å². The quantitative estimate of drug-likeness (QED) is 0.733. The molecule has 2 N–H and O–H groups in total. The Labute approximate surface area is 127 Å². The van der Waals surface area contributed by atoms with Crippen LogP contribution in [-0.2, 0) is 0 Å². The minimum absolute atomic E-state index is 0.181. The molecule has 0 unspecified atom stereocenters. The zero-order valence-corrected chi connectivity index (χ0v) is 11.6. The molecule has 0 fully saturated rings. The van der Waals surface area contributed by atoms with Crippen molar-refractivity contribution in [3.8, 4) is 34.5 Å². The molecule has 3 rings (SSSR count). The van der Waals surface area contributed by atoms with Gasteiger partial charge in [-0.05, 0) is 60.7 Å². The largest absolute Gasteiger partial charge is 0.508 e. The highest BCUT2D eigenvalue weighted by Crippen LogP contribution is 2.35. The molecule has 0 aromatic heterocycles. The molecule has 0 atom stereocenters. The van der Waals surface area contributed by atoms with Gasteiger partial charge < -0.3 is 19.7 Å². The minimum Gasteiger partial charge on any atom is -0.508 e. The Morgan fingerprint density at radius 1 is 0.500 bits per heavy atom. The van der Waals surface area contributed by atoms with E-state index in [-0.39, 0.29) is 11.5 Å². The van der Waals surface area contributed by atoms with Crippen LogP contribution in [0.5, 0.6) is 34.5 Å². The van der Waals surface area contributed by atoms with E-state index in [0.29, 0.717) is 23.0 Å². The summed E-state index contributed by atoms with van der Waals surface area (Å²) < 4.78 is 11.5. The van der Waals surface area contributed by atoms with Gasteiger partial charge in [0, 0.05) is 0 Å². The average Bonchev–Trinajstić information content (AvgIpc) is 2.54. The lowest BCUT2D eigenvalue weighted by molar-refractivity contribution is 0.416. The Kier molecular flexibility index (Phi) is 3.83. The van der Waals surface area contributed by atoms with Crippen LogP contribution < -0.4 is 9.47 Å². The summed E-state index contributed by atoms with van der Waals surface area (Å²) in [5, 5.41) is 18.6. The Morgan fingerprint density at radius 3 is 1.23 bits per heavy atom. The molecule has 0 saturated heterocycles. The molecule has 0 spiro atoms. The van der Waals surface area contributed by atoms with Gasteiger partial charge in [-0.3, -0.25) is 0 Å². The van der Waals surface area contributed by atoms with E-state index >= 15 is 0 Å². The van der Waals surface area contributed by atoms with Crippen molar-refractivity contribution in [1.29, 1.82) is 0 Å². The molecule has 0 aliphatic carbocycles. The van der Waals surface area contributed by atoms with Crippen LogP contribution in [0.15, 0.2) is 72.8 Å². The van der Waals surface area contributed by atoms with Crippen LogP contribution in [0.2, 0.25) is 0 Å². The molecule has 0 saturated carbocycles. The number of aromatic hydroxyl groups is 2. The topological polar surface area (TPSA) is 58.9 Å². The van der Waals surface area contributed by atoms with Crippen LogP contribution >= 0.6 is 0 Å². The highest BCUT2D eigenvalue weighted by molar-refractivity contribution is 5.46. The van der Waals surface area contributed by atoms with E-state index in [1.54, 1.807) is 60.7 Å². The van der Waals surface area contributed by atoms with Gasteiger partial charge in [0.05, 0.1) is 0 Å². The number of phenols is 2. The first kappa shape index (κ1) is 13.8. The van der Waals surface area contributed by atoms with E-state index in [9.17, 15) is 10.2 Å². The fraction of sp³-hybridized carbons (Fsp3) is 0. The summed E-state index contributed by atoms with van der Waals surface area (Å²) >= 11 is 0. The van der Waals surface area contributed by atoms with Gasteiger partial charge in [0.2, 0.25) is 0 Å². The van der Waals surface area contributed by atoms with Gasteiger partial charge in [0.1, 0.15) is 23.0 Å². The number of phenolic OH excluding ortho intramolecular Hbond substituents is 2. The van der Waals surface area contributed by atoms with Crippen molar-refractivity contribution >= 4 is 0 Å². The summed E-state index contributed by atoms with van der Waals surface area (Å²) in [6.45, 7) is 0. The van der Waals surface area contributed by atoms with Crippen molar-refractivity contribution in [1.82, 2.24) is 0 Å². The van der Waals surface area contributed by atoms with Crippen molar-refractivity contribution in [2.45, 2.75) is 0 Å². The van der Waals surface area contributed by atoms with Gasteiger partial charge in [-0.25, -0.2) is 0 Å². The first-order valence-electron chi connectivity index (χ1n) is 6.73. The van der Waals surface area contributed by atoms with Crippen LogP contribution in [0.4, 0.5) is 0 Å². The fourth-order valence-corrected chi connectivity index (χ4v) is 1.90. The number of hydrogen-bond acceptors (Lipinski definition) is 4. The van der Waals surface area contributed by atoms with E-state index in [1.807, 2.05) is 12.1 Å². The summed E-state index contributed by atoms with van der Waals surface area (Å²) in [4.78, 5) is 0. The van der Waals surface area contributed by atoms with Gasteiger partial charge in [0.25, 0.3) is 0 Å². The third-order valence-electron chi connectivity index (χ3n) is 2.98. The van der Waals surface area contributed by atoms with Crippen LogP contribution in [0, 0.1) is 0 Å². The SMILES string of the molecule is Oc1ccc(Oc2ccccc2Oc2ccc(O)cc2)cc1. The maximum Gasteiger partial charge on any atom is 0.169 e. The standard InChI is InChI=1S/C18H14O4/c19-13-5-9-15(10-6-13)21-17-3-1-2-4-18(17)22-16-11-7-14(20)8-12-16/h1-12,19-20H. The third-order valence-corrected chi connectivity index (χ3v) is 2.98. The summed E-state index contributed by atoms with van der Waals surface area (Å²) in [5.74, 6) is 2.67. The predicted molar refractivity (Wildman–Crippen MR) is 82.8 cm³/mol. The lowest BCUT2D eigenvalue weighted by atomic mass is 10.3. The van der Waals surface area contributed by atoms with Crippen LogP contribution in [-0.4, -0.2) is 10.2 Å². The average molecular weight is 294 g/mol. The summed E-state index contributed by atoms with van der Waals surface area (Å²) in [7, 11) is 0. The number of para-hydroxylation sites is 2. The predicted octanol–water partition coefficient (Wildman–Crippen LogP) is 4.68. The molecule has 0 aliphatic rings. The van der Waals surface area contributed by atoms with Gasteiger partial charge >= 0.3 is 0 Å². The Bertz CT molecular complexity index is 682. The first-order valence-corrected chi connectivity index (χ1v) is 6.73. The normalized spacial score (nSPS) is 10.2. The minimum atomic E-state index is 0.181. The molecule has 22 heavy (non-hydrogen) atoms. The molecule has 110 valence electrons. The second-order valence-corrected chi connectivity index (χ2v) is 4.64. The molecule has 0 aliphatic heterocycles. The molecular weight excluding hydrogens is 280 g/mol. The second kappa shape index (κ2) is 6.10. The molecule has 3 aromatic carbocycles. The van der Waals surface area contributed by atoms with E-state index in [2.05, 4.69) is 0 Å². The third kappa shape index (κ3) is 3.30. The van der Waals surface area contributed by atoms with E-state index in [0.717, 1.165) is 0 Å². The van der Waals surface area contributed by atoms with Crippen LogP contribution in [0.1, 0.15) is 0 Å². The van der Waals surface area contributed by atoms with Crippen molar-refractivity contribution in [2.75, 3.05) is 0 Å². The lowest BCUT2D eigenvalue weighted by Gasteiger charge is -2.12. The van der Waals surface area contributed by atoms with Gasteiger partial charge in [-0.15, -0.1) is 0 Å². The van der Waals surface area contributed by atoms with Crippen molar-refractivity contribution in [3.05, 3.63) is 72.8 Å². The van der Waals surface area contributed by atoms with Gasteiger partial charge in [-0.2, -0.15) is 0 Å². The van der Waals surface area contributed by atoms with E-state index < -0.39 is 0 Å². The monoisotopic (exact) mass is 294 g/mol. The smallest absolute Gasteiger partial charge is 0.169 e. The summed E-state index contributed by atoms with van der Waals surface area (Å²) in [6.07, 6.45) is 0. The van der Waals surface area contributed by atoms with E-state index in [4.69, 9.17) is 9.47 Å². The highest BCUT2D eigenvalue weighted by Gasteiger charge is 2.07. The number of hydrogen-bond donors (Lipinski definition) is 2. The number of ether oxygens (including phenoxy) is 2. The van der Waals surface area contributed by atoms with Crippen LogP contribution in [0.25, 0.3) is 0 Å². The Hall–Kier alpha value is -3.14. The molecular formula is C18H14O4. The molecule has 3 aromatic rings. The lowest BCUT2D eigenvalue weighted by Crippen LogP contribution is -1.90. The Morgan fingerprint density at radius 2 is 0.864 bits per heavy atom. The second-order valence-electron chi connectivity index (χ2n) is 4.64. The maximum atomic E-state index is 9.29. The van der Waals surface area contributed by atoms with E-state index in [1.165, 1.54) is 0 Å². The molecule has 0 bridgehead atoms. The first-order chi connectivity index (χ1) is 10.7. The van der Waals surface area contributed by atoms with Crippen molar-refractivity contribution in [2.24, 2.45) is 0 Å². The fourth-order valence-electron chi connectivity index (χ4n) is 1.90. The highest BCUT2D eigenvalue weighted by atomic mass is 16.5. The summed E-state index contributed by atoms with van der Waals surface area (Å²) in [5.41, 5.74) is 0. The van der Waals surface area contributed by atoms with Gasteiger partial charge in [-0.1, -0.05) is 12.1 Å². The zero-order valence-electron chi connectivity index (χ0n) is 11.6. The number of benzene rings is 3.